The van der Waals surface area contributed by atoms with E-state index in [-0.39, 0.29) is 11.0 Å². The fraction of sp³-hybridized carbons (Fsp3) is 0.478. The van der Waals surface area contributed by atoms with Crippen LogP contribution in [-0.2, 0) is 13.2 Å². The first-order valence-corrected chi connectivity index (χ1v) is 10.2. The maximum Gasteiger partial charge on any atom is 0.161 e. The van der Waals surface area contributed by atoms with Gasteiger partial charge in [-0.15, -0.1) is 0 Å². The SMILES string of the molecule is COc1cc(CNC(C)(C)CC(C)(C)C)ccc1OCc1ccc(Cl)cc1Cl. The van der Waals surface area contributed by atoms with E-state index in [1.165, 1.54) is 0 Å². The summed E-state index contributed by atoms with van der Waals surface area (Å²) in [6, 6.07) is 11.4. The molecule has 5 heteroatoms. The highest BCUT2D eigenvalue weighted by Gasteiger charge is 2.24. The first kappa shape index (κ1) is 22.9. The average Bonchev–Trinajstić information content (AvgIpc) is 2.57. The van der Waals surface area contributed by atoms with E-state index in [1.807, 2.05) is 18.2 Å². The summed E-state index contributed by atoms with van der Waals surface area (Å²) in [5.41, 5.74) is 2.35. The summed E-state index contributed by atoms with van der Waals surface area (Å²) in [5, 5.41) is 4.85. The minimum Gasteiger partial charge on any atom is -0.493 e. The number of nitrogens with one attached hydrogen (secondary N) is 1. The minimum atomic E-state index is 0.0476. The van der Waals surface area contributed by atoms with Crippen molar-refractivity contribution in [1.29, 1.82) is 0 Å². The first-order chi connectivity index (χ1) is 13.0. The van der Waals surface area contributed by atoms with Crippen molar-refractivity contribution in [2.24, 2.45) is 5.41 Å². The zero-order valence-electron chi connectivity index (χ0n) is 17.7. The van der Waals surface area contributed by atoms with Crippen LogP contribution in [0.1, 0.15) is 52.2 Å². The van der Waals surface area contributed by atoms with E-state index in [1.54, 1.807) is 19.2 Å². The van der Waals surface area contributed by atoms with Gasteiger partial charge in [0.15, 0.2) is 11.5 Å². The fourth-order valence-electron chi connectivity index (χ4n) is 3.47. The first-order valence-electron chi connectivity index (χ1n) is 9.48. The second kappa shape index (κ2) is 9.39. The molecule has 0 fully saturated rings. The molecular formula is C23H31Cl2NO2. The largest absolute Gasteiger partial charge is 0.493 e. The third-order valence-electron chi connectivity index (χ3n) is 4.37. The lowest BCUT2D eigenvalue weighted by atomic mass is 9.82. The number of hydrogen-bond donors (Lipinski definition) is 1. The van der Waals surface area contributed by atoms with E-state index >= 15 is 0 Å². The summed E-state index contributed by atoms with van der Waals surface area (Å²) in [4.78, 5) is 0. The van der Waals surface area contributed by atoms with E-state index in [0.29, 0.717) is 28.2 Å². The van der Waals surface area contributed by atoms with E-state index in [9.17, 15) is 0 Å². The van der Waals surface area contributed by atoms with Gasteiger partial charge in [0.1, 0.15) is 6.61 Å². The molecule has 2 rings (SSSR count). The van der Waals surface area contributed by atoms with Crippen LogP contribution in [0, 0.1) is 5.41 Å². The van der Waals surface area contributed by atoms with Crippen LogP contribution in [0.4, 0.5) is 0 Å². The van der Waals surface area contributed by atoms with Gasteiger partial charge in [-0.1, -0.05) is 56.1 Å². The molecule has 1 N–H and O–H groups in total. The van der Waals surface area contributed by atoms with E-state index < -0.39 is 0 Å². The molecule has 3 nitrogen and oxygen atoms in total. The van der Waals surface area contributed by atoms with Gasteiger partial charge in [0.25, 0.3) is 0 Å². The molecule has 0 radical (unpaired) electrons. The molecule has 28 heavy (non-hydrogen) atoms. The monoisotopic (exact) mass is 423 g/mol. The molecule has 0 spiro atoms. The molecule has 0 saturated carbocycles. The number of halogens is 2. The normalized spacial score (nSPS) is 12.1. The van der Waals surface area contributed by atoms with Gasteiger partial charge in [-0.3, -0.25) is 0 Å². The predicted molar refractivity (Wildman–Crippen MR) is 119 cm³/mol. The highest BCUT2D eigenvalue weighted by atomic mass is 35.5. The van der Waals surface area contributed by atoms with E-state index in [4.69, 9.17) is 32.7 Å². The van der Waals surface area contributed by atoms with Crippen LogP contribution in [0.2, 0.25) is 10.0 Å². The number of ether oxygens (including phenoxy) is 2. The molecular weight excluding hydrogens is 393 g/mol. The third-order valence-corrected chi connectivity index (χ3v) is 4.96. The van der Waals surface area contributed by atoms with Crippen LogP contribution in [0.15, 0.2) is 36.4 Å². The molecule has 0 aromatic heterocycles. The highest BCUT2D eigenvalue weighted by Crippen LogP contribution is 2.31. The molecule has 0 amide bonds. The number of benzene rings is 2. The maximum atomic E-state index is 6.22. The third kappa shape index (κ3) is 7.20. The van der Waals surface area contributed by atoms with Gasteiger partial charge in [0, 0.05) is 27.7 Å². The minimum absolute atomic E-state index is 0.0476. The Morgan fingerprint density at radius 2 is 1.64 bits per heavy atom. The molecule has 0 saturated heterocycles. The molecule has 0 aliphatic rings. The lowest BCUT2D eigenvalue weighted by molar-refractivity contribution is 0.240. The Bertz CT molecular complexity index is 798. The van der Waals surface area contributed by atoms with Crippen molar-refractivity contribution < 1.29 is 9.47 Å². The standard InChI is InChI=1S/C23H31Cl2NO2/c1-22(2,3)15-23(4,5)26-13-16-7-10-20(21(11-16)27-6)28-14-17-8-9-18(24)12-19(17)25/h7-12,26H,13-15H2,1-6H3. The van der Waals surface area contributed by atoms with Crippen LogP contribution >= 0.6 is 23.2 Å². The maximum absolute atomic E-state index is 6.22. The molecule has 2 aromatic carbocycles. The molecule has 0 unspecified atom stereocenters. The Morgan fingerprint density at radius 1 is 0.929 bits per heavy atom. The Balaban J connectivity index is 2.03. The summed E-state index contributed by atoms with van der Waals surface area (Å²) >= 11 is 12.2. The Morgan fingerprint density at radius 3 is 2.25 bits per heavy atom. The van der Waals surface area contributed by atoms with Gasteiger partial charge < -0.3 is 14.8 Å². The Labute approximate surface area is 179 Å². The number of hydrogen-bond acceptors (Lipinski definition) is 3. The van der Waals surface area contributed by atoms with E-state index in [0.717, 1.165) is 24.1 Å². The van der Waals surface area contributed by atoms with Crippen LogP contribution < -0.4 is 14.8 Å². The zero-order valence-corrected chi connectivity index (χ0v) is 19.2. The van der Waals surface area contributed by atoms with Crippen molar-refractivity contribution in [3.63, 3.8) is 0 Å². The van der Waals surface area contributed by atoms with Crippen molar-refractivity contribution >= 4 is 23.2 Å². The fourth-order valence-corrected chi connectivity index (χ4v) is 3.93. The molecule has 2 aromatic rings. The number of rotatable bonds is 8. The molecule has 154 valence electrons. The van der Waals surface area contributed by atoms with Gasteiger partial charge in [-0.2, -0.15) is 0 Å². The van der Waals surface area contributed by atoms with Crippen molar-refractivity contribution in [2.75, 3.05) is 7.11 Å². The quantitative estimate of drug-likeness (QED) is 0.501. The van der Waals surface area contributed by atoms with Crippen molar-refractivity contribution in [1.82, 2.24) is 5.32 Å². The van der Waals surface area contributed by atoms with Gasteiger partial charge in [0.2, 0.25) is 0 Å². The smallest absolute Gasteiger partial charge is 0.161 e. The van der Waals surface area contributed by atoms with Crippen LogP contribution in [-0.4, -0.2) is 12.6 Å². The summed E-state index contributed by atoms with van der Waals surface area (Å²) in [6.07, 6.45) is 1.08. The molecule has 0 heterocycles. The van der Waals surface area contributed by atoms with Gasteiger partial charge >= 0.3 is 0 Å². The highest BCUT2D eigenvalue weighted by molar-refractivity contribution is 6.35. The Hall–Kier alpha value is -1.42. The van der Waals surface area contributed by atoms with Crippen molar-refractivity contribution in [2.45, 2.75) is 59.7 Å². The van der Waals surface area contributed by atoms with Gasteiger partial charge in [-0.25, -0.2) is 0 Å². The van der Waals surface area contributed by atoms with E-state index in [2.05, 4.69) is 46.0 Å². The molecule has 0 bridgehead atoms. The topological polar surface area (TPSA) is 30.5 Å². The van der Waals surface area contributed by atoms with Gasteiger partial charge in [0.05, 0.1) is 7.11 Å². The second-order valence-electron chi connectivity index (χ2n) is 8.98. The number of methoxy groups -OCH3 is 1. The van der Waals surface area contributed by atoms with Crippen molar-refractivity contribution in [3.05, 3.63) is 57.6 Å². The van der Waals surface area contributed by atoms with Crippen LogP contribution in [0.5, 0.6) is 11.5 Å². The summed E-state index contributed by atoms with van der Waals surface area (Å²) < 4.78 is 11.5. The predicted octanol–water partition coefficient (Wildman–Crippen LogP) is 6.89. The summed E-state index contributed by atoms with van der Waals surface area (Å²) in [7, 11) is 1.65. The average molecular weight is 424 g/mol. The molecule has 0 aliphatic heterocycles. The summed E-state index contributed by atoms with van der Waals surface area (Å²) in [5.74, 6) is 1.39. The Kier molecular flexibility index (Phi) is 7.66. The molecule has 0 atom stereocenters. The second-order valence-corrected chi connectivity index (χ2v) is 9.83. The molecule has 0 aliphatic carbocycles. The lowest BCUT2D eigenvalue weighted by Crippen LogP contribution is -2.41. The zero-order chi connectivity index (χ0) is 20.9. The van der Waals surface area contributed by atoms with Crippen molar-refractivity contribution in [3.8, 4) is 11.5 Å². The lowest BCUT2D eigenvalue weighted by Gasteiger charge is -2.33. The van der Waals surface area contributed by atoms with Crippen LogP contribution in [0.3, 0.4) is 0 Å². The summed E-state index contributed by atoms with van der Waals surface area (Å²) in [6.45, 7) is 12.4. The van der Waals surface area contributed by atoms with Crippen LogP contribution in [0.25, 0.3) is 0 Å². The van der Waals surface area contributed by atoms with Gasteiger partial charge in [-0.05, 0) is 55.5 Å².